The van der Waals surface area contributed by atoms with Crippen LogP contribution in [0.5, 0.6) is 0 Å². The molecule has 7 heteroatoms. The summed E-state index contributed by atoms with van der Waals surface area (Å²) in [6, 6.07) is 0. The van der Waals surface area contributed by atoms with Crippen LogP contribution in [0.4, 0.5) is 0 Å². The van der Waals surface area contributed by atoms with Gasteiger partial charge in [0.05, 0.1) is 0 Å². The molecular formula is C11H16O6Pb. The zero-order valence-electron chi connectivity index (χ0n) is 10.6. The third-order valence-electron chi connectivity index (χ3n) is 2.27. The fourth-order valence-corrected chi connectivity index (χ4v) is 11.6. The Morgan fingerprint density at radius 3 is 1.72 bits per heavy atom. The maximum atomic E-state index is 11.2. The van der Waals surface area contributed by atoms with Crippen LogP contribution >= 0.6 is 0 Å². The summed E-state index contributed by atoms with van der Waals surface area (Å²) in [7, 11) is 0. The molecule has 0 aromatic carbocycles. The molecule has 0 radical (unpaired) electrons. The Kier molecular flexibility index (Phi) is 5.30. The van der Waals surface area contributed by atoms with E-state index >= 15 is 0 Å². The first-order valence-electron chi connectivity index (χ1n) is 5.64. The third kappa shape index (κ3) is 4.07. The monoisotopic (exact) mass is 452 g/mol. The van der Waals surface area contributed by atoms with Crippen molar-refractivity contribution in [1.82, 2.24) is 0 Å². The second-order valence-electron chi connectivity index (χ2n) is 3.96. The molecule has 1 aliphatic carbocycles. The van der Waals surface area contributed by atoms with Gasteiger partial charge in [0.1, 0.15) is 0 Å². The Hall–Kier alpha value is -0.928. The summed E-state index contributed by atoms with van der Waals surface area (Å²) >= 11 is -4.76. The minimum absolute atomic E-state index is 0.605. The van der Waals surface area contributed by atoms with E-state index in [0.29, 0.717) is 9.55 Å². The Balaban J connectivity index is 3.09. The molecule has 0 atom stereocenters. The summed E-state index contributed by atoms with van der Waals surface area (Å²) in [4.78, 5) is 33.6. The number of hydrogen-bond donors (Lipinski definition) is 0. The fraction of sp³-hybridized carbons (Fsp3) is 0.545. The molecule has 0 aliphatic heterocycles. The van der Waals surface area contributed by atoms with Gasteiger partial charge in [0.2, 0.25) is 0 Å². The molecule has 0 bridgehead atoms. The van der Waals surface area contributed by atoms with Crippen molar-refractivity contribution in [3.8, 4) is 0 Å². The molecule has 0 saturated heterocycles. The zero-order chi connectivity index (χ0) is 13.8. The van der Waals surface area contributed by atoms with E-state index in [0.717, 1.165) is 12.8 Å². The number of carbonyl (C=O) groups excluding carboxylic acids is 3. The van der Waals surface area contributed by atoms with E-state index in [1.807, 2.05) is 6.08 Å². The average Bonchev–Trinajstić information content (AvgIpc) is 2.65. The summed E-state index contributed by atoms with van der Waals surface area (Å²) in [5.41, 5.74) is 0. The summed E-state index contributed by atoms with van der Waals surface area (Å²) in [6.45, 7) is 3.62. The first-order valence-corrected chi connectivity index (χ1v) is 12.3. The Morgan fingerprint density at radius 1 is 1.00 bits per heavy atom. The van der Waals surface area contributed by atoms with E-state index in [1.165, 1.54) is 20.8 Å². The molecule has 0 unspecified atom stereocenters. The van der Waals surface area contributed by atoms with E-state index in [4.69, 9.17) is 8.06 Å². The van der Waals surface area contributed by atoms with Crippen molar-refractivity contribution in [3.05, 3.63) is 9.21 Å². The van der Waals surface area contributed by atoms with E-state index in [9.17, 15) is 14.4 Å². The van der Waals surface area contributed by atoms with Gasteiger partial charge >= 0.3 is 112 Å². The topological polar surface area (TPSA) is 78.9 Å². The average molecular weight is 451 g/mol. The minimum atomic E-state index is -4.76. The van der Waals surface area contributed by atoms with Crippen LogP contribution in [0, 0.1) is 0 Å². The van der Waals surface area contributed by atoms with E-state index < -0.39 is 40.4 Å². The van der Waals surface area contributed by atoms with Gasteiger partial charge < -0.3 is 0 Å². The van der Waals surface area contributed by atoms with E-state index in [2.05, 4.69) is 0 Å². The molecule has 18 heavy (non-hydrogen) atoms. The summed E-state index contributed by atoms with van der Waals surface area (Å²) in [5.74, 6) is -1.81. The molecule has 0 spiro atoms. The number of carbonyl (C=O) groups is 3. The quantitative estimate of drug-likeness (QED) is 0.599. The standard InChI is InChI=1S/C5H7.3C2H4O2.Pb/c1-2-4-5-3-1;3*1-2(3)4;/h1H,2,4-5H2;3*1H3,(H,3,4);/q;;;;+3/p-3. The molecule has 6 nitrogen and oxygen atoms in total. The fourth-order valence-electron chi connectivity index (χ4n) is 1.78. The Bertz CT molecular complexity index is 360. The van der Waals surface area contributed by atoms with Crippen LogP contribution in [0.2, 0.25) is 0 Å². The first-order chi connectivity index (χ1) is 8.35. The molecular weight excluding hydrogens is 435 g/mol. The molecule has 1 aliphatic rings. The van der Waals surface area contributed by atoms with Crippen molar-refractivity contribution in [2.75, 3.05) is 0 Å². The van der Waals surface area contributed by atoms with Crippen molar-refractivity contribution >= 4 is 40.4 Å². The Labute approximate surface area is 112 Å². The van der Waals surface area contributed by atoms with Crippen LogP contribution in [0.1, 0.15) is 40.0 Å². The number of rotatable bonds is 4. The second-order valence-corrected chi connectivity index (χ2v) is 13.2. The van der Waals surface area contributed by atoms with E-state index in [-0.39, 0.29) is 0 Å². The molecule has 100 valence electrons. The molecule has 0 saturated carbocycles. The molecule has 0 aromatic rings. The van der Waals surface area contributed by atoms with Crippen LogP contribution in [0.3, 0.4) is 0 Å². The van der Waals surface area contributed by atoms with Crippen LogP contribution in [-0.2, 0) is 22.4 Å². The zero-order valence-corrected chi connectivity index (χ0v) is 14.5. The van der Waals surface area contributed by atoms with Gasteiger partial charge in [-0.1, -0.05) is 0 Å². The predicted octanol–water partition coefficient (Wildman–Crippen LogP) is 1.26. The van der Waals surface area contributed by atoms with Gasteiger partial charge in [-0.05, 0) is 0 Å². The maximum absolute atomic E-state index is 11.2. The molecule has 0 aromatic heterocycles. The number of hydrogen-bond acceptors (Lipinski definition) is 6. The third-order valence-corrected chi connectivity index (χ3v) is 13.6. The Morgan fingerprint density at radius 2 is 1.44 bits per heavy atom. The van der Waals surface area contributed by atoms with Gasteiger partial charge in [-0.2, -0.15) is 0 Å². The van der Waals surface area contributed by atoms with Gasteiger partial charge in [-0.15, -0.1) is 0 Å². The van der Waals surface area contributed by atoms with Crippen molar-refractivity contribution in [2.45, 2.75) is 40.0 Å². The van der Waals surface area contributed by atoms with Gasteiger partial charge in [0.15, 0.2) is 0 Å². The van der Waals surface area contributed by atoms with E-state index in [1.54, 1.807) is 0 Å². The van der Waals surface area contributed by atoms with Gasteiger partial charge in [-0.3, -0.25) is 0 Å². The van der Waals surface area contributed by atoms with Crippen molar-refractivity contribution in [1.29, 1.82) is 0 Å². The van der Waals surface area contributed by atoms with Crippen molar-refractivity contribution in [2.24, 2.45) is 0 Å². The summed E-state index contributed by atoms with van der Waals surface area (Å²) in [5, 5.41) is 0. The SMILES string of the molecule is CC(=O)[O][Pb]([O]C(C)=O)([O]C(C)=O)[C]1=CCCC1. The van der Waals surface area contributed by atoms with Gasteiger partial charge in [0.25, 0.3) is 0 Å². The van der Waals surface area contributed by atoms with Crippen LogP contribution in [0.25, 0.3) is 0 Å². The summed E-state index contributed by atoms with van der Waals surface area (Å²) in [6.07, 6.45) is 4.16. The van der Waals surface area contributed by atoms with Gasteiger partial charge in [-0.25, -0.2) is 0 Å². The molecule has 1 rings (SSSR count). The number of allylic oxidation sites excluding steroid dienone is 2. The molecule has 0 fully saturated rings. The van der Waals surface area contributed by atoms with Crippen LogP contribution in [0.15, 0.2) is 9.21 Å². The normalized spacial score (nSPS) is 14.7. The summed E-state index contributed by atoms with van der Waals surface area (Å²) < 4.78 is 16.2. The molecule has 0 heterocycles. The second kappa shape index (κ2) is 6.30. The molecule has 0 amide bonds. The van der Waals surface area contributed by atoms with Crippen LogP contribution in [-0.4, -0.2) is 40.4 Å². The van der Waals surface area contributed by atoms with Crippen molar-refractivity contribution < 1.29 is 22.4 Å². The van der Waals surface area contributed by atoms with Crippen molar-refractivity contribution in [3.63, 3.8) is 0 Å². The first kappa shape index (κ1) is 15.1. The molecule has 0 N–H and O–H groups in total. The van der Waals surface area contributed by atoms with Crippen LogP contribution < -0.4 is 0 Å². The van der Waals surface area contributed by atoms with Gasteiger partial charge in [0, 0.05) is 0 Å². The predicted molar refractivity (Wildman–Crippen MR) is 63.0 cm³/mol.